The molecule has 2 N–H and O–H groups in total. The highest BCUT2D eigenvalue weighted by molar-refractivity contribution is 7.80. The first-order valence-corrected chi connectivity index (χ1v) is 7.40. The van der Waals surface area contributed by atoms with E-state index < -0.39 is 0 Å². The van der Waals surface area contributed by atoms with Gasteiger partial charge >= 0.3 is 0 Å². The number of rotatable bonds is 2. The van der Waals surface area contributed by atoms with E-state index >= 15 is 0 Å². The van der Waals surface area contributed by atoms with Crippen LogP contribution in [0, 0.1) is 16.7 Å². The summed E-state index contributed by atoms with van der Waals surface area (Å²) in [4.78, 5) is 0. The molecule has 3 aliphatic rings. The van der Waals surface area contributed by atoms with E-state index in [1.54, 1.807) is 0 Å². The van der Waals surface area contributed by atoms with E-state index in [-0.39, 0.29) is 0 Å². The zero-order chi connectivity index (χ0) is 12.3. The van der Waals surface area contributed by atoms with Crippen molar-refractivity contribution in [3.63, 3.8) is 0 Å². The SMILES string of the molecule is CC12CCC(C1)C(C)(C)C2NC(=S)NC1CC1. The minimum atomic E-state index is 0.391. The summed E-state index contributed by atoms with van der Waals surface area (Å²) in [5.74, 6) is 0.883. The Morgan fingerprint density at radius 1 is 1.12 bits per heavy atom. The van der Waals surface area contributed by atoms with Crippen LogP contribution in [0.25, 0.3) is 0 Å². The van der Waals surface area contributed by atoms with Crippen molar-refractivity contribution >= 4 is 17.3 Å². The highest BCUT2D eigenvalue weighted by Gasteiger charge is 2.59. The summed E-state index contributed by atoms with van der Waals surface area (Å²) in [7, 11) is 0. The van der Waals surface area contributed by atoms with E-state index in [0.29, 0.717) is 22.9 Å². The molecule has 3 rings (SSSR count). The molecule has 2 bridgehead atoms. The predicted octanol–water partition coefficient (Wildman–Crippen LogP) is 2.83. The normalized spacial score (nSPS) is 42.5. The average molecular weight is 252 g/mol. The zero-order valence-corrected chi connectivity index (χ0v) is 12.0. The monoisotopic (exact) mass is 252 g/mol. The fourth-order valence-corrected chi connectivity index (χ4v) is 4.53. The molecule has 3 aliphatic carbocycles. The first-order valence-electron chi connectivity index (χ1n) is 6.99. The summed E-state index contributed by atoms with van der Waals surface area (Å²) < 4.78 is 0. The standard InChI is InChI=1S/C14H24N2S/c1-13(2)9-6-7-14(3,8-9)11(13)16-12(17)15-10-4-5-10/h9-11H,4-8H2,1-3H3,(H2,15,16,17). The Morgan fingerprint density at radius 3 is 2.35 bits per heavy atom. The molecule has 3 unspecified atom stereocenters. The first kappa shape index (κ1) is 11.8. The minimum Gasteiger partial charge on any atom is -0.360 e. The molecular weight excluding hydrogens is 228 g/mol. The molecule has 0 amide bonds. The van der Waals surface area contributed by atoms with E-state index in [2.05, 4.69) is 31.4 Å². The summed E-state index contributed by atoms with van der Waals surface area (Å²) >= 11 is 5.45. The molecule has 0 radical (unpaired) electrons. The van der Waals surface area contributed by atoms with Gasteiger partial charge in [-0.2, -0.15) is 0 Å². The molecule has 0 aromatic rings. The lowest BCUT2D eigenvalue weighted by Gasteiger charge is -2.43. The van der Waals surface area contributed by atoms with Gasteiger partial charge in [0.2, 0.25) is 0 Å². The van der Waals surface area contributed by atoms with Gasteiger partial charge in [-0.1, -0.05) is 20.8 Å². The van der Waals surface area contributed by atoms with Crippen LogP contribution in [0.15, 0.2) is 0 Å². The summed E-state index contributed by atoms with van der Waals surface area (Å²) in [6, 6.07) is 1.21. The molecule has 2 nitrogen and oxygen atoms in total. The average Bonchev–Trinajstić information content (AvgIpc) is 2.90. The molecule has 3 atom stereocenters. The molecule has 0 aromatic carbocycles. The van der Waals surface area contributed by atoms with Crippen LogP contribution in [-0.2, 0) is 0 Å². The fraction of sp³-hybridized carbons (Fsp3) is 0.929. The van der Waals surface area contributed by atoms with Gasteiger partial charge in [-0.3, -0.25) is 0 Å². The van der Waals surface area contributed by atoms with Gasteiger partial charge in [-0.25, -0.2) is 0 Å². The van der Waals surface area contributed by atoms with Crippen LogP contribution in [0.1, 0.15) is 52.9 Å². The molecular formula is C14H24N2S. The Morgan fingerprint density at radius 2 is 1.82 bits per heavy atom. The Hall–Kier alpha value is -0.310. The second kappa shape index (κ2) is 3.59. The maximum atomic E-state index is 5.45. The molecule has 0 aromatic heterocycles. The highest BCUT2D eigenvalue weighted by atomic mass is 32.1. The van der Waals surface area contributed by atoms with Crippen LogP contribution in [0.3, 0.4) is 0 Å². The van der Waals surface area contributed by atoms with Gasteiger partial charge in [-0.05, 0) is 61.1 Å². The number of nitrogens with one attached hydrogen (secondary N) is 2. The van der Waals surface area contributed by atoms with Crippen LogP contribution in [-0.4, -0.2) is 17.2 Å². The van der Waals surface area contributed by atoms with E-state index in [4.69, 9.17) is 12.2 Å². The second-order valence-electron chi connectivity index (χ2n) is 7.24. The maximum absolute atomic E-state index is 5.45. The predicted molar refractivity (Wildman–Crippen MR) is 74.9 cm³/mol. The van der Waals surface area contributed by atoms with Gasteiger partial charge in [-0.15, -0.1) is 0 Å². The van der Waals surface area contributed by atoms with Gasteiger partial charge in [0.15, 0.2) is 5.11 Å². The van der Waals surface area contributed by atoms with Crippen molar-refractivity contribution < 1.29 is 0 Å². The van der Waals surface area contributed by atoms with Gasteiger partial charge in [0.1, 0.15) is 0 Å². The minimum absolute atomic E-state index is 0.391. The topological polar surface area (TPSA) is 24.1 Å². The lowest BCUT2D eigenvalue weighted by atomic mass is 9.68. The smallest absolute Gasteiger partial charge is 0.166 e. The lowest BCUT2D eigenvalue weighted by molar-refractivity contribution is 0.125. The van der Waals surface area contributed by atoms with Gasteiger partial charge in [0.05, 0.1) is 0 Å². The fourth-order valence-electron chi connectivity index (χ4n) is 4.25. The van der Waals surface area contributed by atoms with Crippen LogP contribution in [0.5, 0.6) is 0 Å². The van der Waals surface area contributed by atoms with Crippen molar-refractivity contribution in [1.29, 1.82) is 0 Å². The van der Waals surface area contributed by atoms with E-state index in [1.165, 1.54) is 32.1 Å². The third kappa shape index (κ3) is 1.87. The van der Waals surface area contributed by atoms with Crippen LogP contribution in [0.2, 0.25) is 0 Å². The summed E-state index contributed by atoms with van der Waals surface area (Å²) in [5, 5.41) is 7.94. The highest BCUT2D eigenvalue weighted by Crippen LogP contribution is 2.62. The van der Waals surface area contributed by atoms with Crippen molar-refractivity contribution in [3.8, 4) is 0 Å². The number of thiocarbonyl (C=S) groups is 1. The molecule has 0 spiro atoms. The van der Waals surface area contributed by atoms with Crippen molar-refractivity contribution in [1.82, 2.24) is 10.6 Å². The lowest BCUT2D eigenvalue weighted by Crippen LogP contribution is -2.55. The van der Waals surface area contributed by atoms with E-state index in [1.807, 2.05) is 0 Å². The number of hydrogen-bond donors (Lipinski definition) is 2. The van der Waals surface area contributed by atoms with Crippen LogP contribution in [0.4, 0.5) is 0 Å². The Bertz CT molecular complexity index is 343. The number of fused-ring (bicyclic) bond motifs is 2. The summed E-state index contributed by atoms with van der Waals surface area (Å²) in [5.41, 5.74) is 0.853. The maximum Gasteiger partial charge on any atom is 0.166 e. The molecule has 96 valence electrons. The van der Waals surface area contributed by atoms with Crippen molar-refractivity contribution in [3.05, 3.63) is 0 Å². The number of hydrogen-bond acceptors (Lipinski definition) is 1. The zero-order valence-electron chi connectivity index (χ0n) is 11.2. The van der Waals surface area contributed by atoms with Gasteiger partial charge in [0, 0.05) is 12.1 Å². The van der Waals surface area contributed by atoms with Gasteiger partial charge < -0.3 is 10.6 Å². The van der Waals surface area contributed by atoms with Crippen molar-refractivity contribution in [2.24, 2.45) is 16.7 Å². The Balaban J connectivity index is 1.70. The third-order valence-electron chi connectivity index (χ3n) is 5.46. The first-order chi connectivity index (χ1) is 7.92. The molecule has 0 saturated heterocycles. The molecule has 3 heteroatoms. The molecule has 0 aliphatic heterocycles. The third-order valence-corrected chi connectivity index (χ3v) is 5.69. The van der Waals surface area contributed by atoms with Crippen molar-refractivity contribution in [2.75, 3.05) is 0 Å². The van der Waals surface area contributed by atoms with Crippen molar-refractivity contribution in [2.45, 2.75) is 65.0 Å². The van der Waals surface area contributed by atoms with Crippen LogP contribution < -0.4 is 10.6 Å². The molecule has 3 saturated carbocycles. The Kier molecular flexibility index (Phi) is 2.49. The second-order valence-corrected chi connectivity index (χ2v) is 7.65. The molecule has 17 heavy (non-hydrogen) atoms. The summed E-state index contributed by atoms with van der Waals surface area (Å²) in [6.07, 6.45) is 6.73. The molecule has 3 fully saturated rings. The van der Waals surface area contributed by atoms with Gasteiger partial charge in [0.25, 0.3) is 0 Å². The summed E-state index contributed by atoms with van der Waals surface area (Å²) in [6.45, 7) is 7.28. The molecule has 0 heterocycles. The Labute approximate surface area is 110 Å². The van der Waals surface area contributed by atoms with Crippen LogP contribution >= 0.6 is 12.2 Å². The van der Waals surface area contributed by atoms with E-state index in [0.717, 1.165) is 11.0 Å². The largest absolute Gasteiger partial charge is 0.360 e. The van der Waals surface area contributed by atoms with E-state index in [9.17, 15) is 0 Å². The quantitative estimate of drug-likeness (QED) is 0.739.